The summed E-state index contributed by atoms with van der Waals surface area (Å²) in [6, 6.07) is 11.7. The third-order valence-corrected chi connectivity index (χ3v) is 4.65. The minimum absolute atomic E-state index is 0.282. The van der Waals surface area contributed by atoms with Crippen LogP contribution < -0.4 is 14.8 Å². The van der Waals surface area contributed by atoms with E-state index in [-0.39, 0.29) is 11.3 Å². The monoisotopic (exact) mass is 413 g/mol. The van der Waals surface area contributed by atoms with Crippen LogP contribution in [0.15, 0.2) is 42.5 Å². The summed E-state index contributed by atoms with van der Waals surface area (Å²) in [5, 5.41) is 7.17. The van der Waals surface area contributed by atoms with Gasteiger partial charge < -0.3 is 14.8 Å². The molecule has 2 aromatic carbocycles. The molecule has 1 N–H and O–H groups in total. The summed E-state index contributed by atoms with van der Waals surface area (Å²) in [4.78, 5) is 25.3. The van der Waals surface area contributed by atoms with E-state index in [1.165, 1.54) is 6.07 Å². The lowest BCUT2D eigenvalue weighted by molar-refractivity contribution is -0.112. The van der Waals surface area contributed by atoms with Crippen LogP contribution in [0.3, 0.4) is 0 Å². The van der Waals surface area contributed by atoms with E-state index < -0.39 is 11.7 Å². The number of rotatable bonds is 6. The number of hydrogen-bond acceptors (Lipinski definition) is 5. The first-order chi connectivity index (χ1) is 13.8. The smallest absolute Gasteiger partial charge is 0.297 e. The van der Waals surface area contributed by atoms with Gasteiger partial charge in [-0.05, 0) is 56.3 Å². The van der Waals surface area contributed by atoms with Gasteiger partial charge in [-0.1, -0.05) is 11.6 Å². The van der Waals surface area contributed by atoms with Gasteiger partial charge >= 0.3 is 0 Å². The zero-order valence-corrected chi connectivity index (χ0v) is 17.2. The number of carbonyl (C=O) groups excluding carboxylic acids is 2. The lowest BCUT2D eigenvalue weighted by Gasteiger charge is -2.13. The molecule has 0 aliphatic carbocycles. The molecule has 1 amide bonds. The molecule has 0 aliphatic rings. The maximum Gasteiger partial charge on any atom is 0.297 e. The van der Waals surface area contributed by atoms with Gasteiger partial charge in [0, 0.05) is 17.8 Å². The molecule has 0 aliphatic heterocycles. The van der Waals surface area contributed by atoms with Gasteiger partial charge in [0.2, 0.25) is 0 Å². The zero-order chi connectivity index (χ0) is 21.1. The Labute approximate surface area is 173 Å². The Morgan fingerprint density at radius 3 is 2.31 bits per heavy atom. The minimum Gasteiger partial charge on any atom is -0.497 e. The molecular formula is C21H20ClN3O4. The molecule has 3 rings (SSSR count). The SMILES string of the molecule is COc1ccc(Oc2ccc(Cl)cc2NC(=O)C(=O)c2c(C)nn(C)c2C)cc1. The molecule has 0 saturated heterocycles. The predicted molar refractivity (Wildman–Crippen MR) is 110 cm³/mol. The number of nitrogens with zero attached hydrogens (tertiary/aromatic N) is 2. The van der Waals surface area contributed by atoms with Crippen molar-refractivity contribution < 1.29 is 19.1 Å². The molecule has 3 aromatic rings. The van der Waals surface area contributed by atoms with Crippen LogP contribution in [0.5, 0.6) is 17.2 Å². The first kappa shape index (κ1) is 20.4. The zero-order valence-electron chi connectivity index (χ0n) is 16.4. The van der Waals surface area contributed by atoms with Crippen molar-refractivity contribution in [2.75, 3.05) is 12.4 Å². The summed E-state index contributed by atoms with van der Waals surface area (Å²) in [6.07, 6.45) is 0. The quantitative estimate of drug-likeness (QED) is 0.481. The summed E-state index contributed by atoms with van der Waals surface area (Å²) in [5.74, 6) is 0.0959. The highest BCUT2D eigenvalue weighted by molar-refractivity contribution is 6.47. The number of halogens is 1. The van der Waals surface area contributed by atoms with Gasteiger partial charge in [0.1, 0.15) is 11.5 Å². The summed E-state index contributed by atoms with van der Waals surface area (Å²) in [5.41, 5.74) is 1.67. The third-order valence-electron chi connectivity index (χ3n) is 4.42. The normalized spacial score (nSPS) is 10.5. The number of aromatic nitrogens is 2. The van der Waals surface area contributed by atoms with E-state index in [1.807, 2.05) is 0 Å². The first-order valence-electron chi connectivity index (χ1n) is 8.77. The molecule has 8 heteroatoms. The lowest BCUT2D eigenvalue weighted by Crippen LogP contribution is -2.24. The lowest BCUT2D eigenvalue weighted by atomic mass is 10.1. The standard InChI is InChI=1S/C21H20ClN3O4/c1-12-19(13(2)25(3)24-12)20(26)21(27)23-17-11-14(22)5-10-18(17)29-16-8-6-15(28-4)7-9-16/h5-11H,1-4H3,(H,23,27). The first-order valence-corrected chi connectivity index (χ1v) is 9.15. The molecule has 0 radical (unpaired) electrons. The fraction of sp³-hybridized carbons (Fsp3) is 0.190. The number of anilines is 1. The van der Waals surface area contributed by atoms with Crippen LogP contribution in [-0.2, 0) is 11.8 Å². The maximum absolute atomic E-state index is 12.7. The van der Waals surface area contributed by atoms with E-state index in [4.69, 9.17) is 21.1 Å². The average Bonchev–Trinajstić information content (AvgIpc) is 2.95. The van der Waals surface area contributed by atoms with Crippen LogP contribution in [-0.4, -0.2) is 28.6 Å². The third kappa shape index (κ3) is 4.41. The largest absolute Gasteiger partial charge is 0.497 e. The molecular weight excluding hydrogens is 394 g/mol. The fourth-order valence-electron chi connectivity index (χ4n) is 2.85. The van der Waals surface area contributed by atoms with Crippen LogP contribution >= 0.6 is 11.6 Å². The number of amides is 1. The molecule has 0 saturated carbocycles. The molecule has 0 bridgehead atoms. The highest BCUT2D eigenvalue weighted by Crippen LogP contribution is 2.33. The van der Waals surface area contributed by atoms with Gasteiger partial charge in [0.25, 0.3) is 11.7 Å². The van der Waals surface area contributed by atoms with Gasteiger partial charge in [0.05, 0.1) is 24.1 Å². The Morgan fingerprint density at radius 2 is 1.72 bits per heavy atom. The highest BCUT2D eigenvalue weighted by atomic mass is 35.5. The van der Waals surface area contributed by atoms with Crippen molar-refractivity contribution >= 4 is 29.0 Å². The predicted octanol–water partition coefficient (Wildman–Crippen LogP) is 4.31. The summed E-state index contributed by atoms with van der Waals surface area (Å²) in [6.45, 7) is 3.42. The molecule has 0 spiro atoms. The van der Waals surface area contributed by atoms with Crippen LogP contribution in [0.2, 0.25) is 5.02 Å². The van der Waals surface area contributed by atoms with Gasteiger partial charge in [0.15, 0.2) is 5.75 Å². The Bertz CT molecular complexity index is 1070. The van der Waals surface area contributed by atoms with E-state index in [0.717, 1.165) is 0 Å². The van der Waals surface area contributed by atoms with Gasteiger partial charge in [-0.2, -0.15) is 5.10 Å². The number of nitrogens with one attached hydrogen (secondary N) is 1. The molecule has 0 unspecified atom stereocenters. The van der Waals surface area contributed by atoms with Crippen molar-refractivity contribution in [3.05, 3.63) is 64.4 Å². The summed E-state index contributed by atoms with van der Waals surface area (Å²) < 4.78 is 12.5. The van der Waals surface area contributed by atoms with E-state index in [0.29, 0.717) is 33.7 Å². The van der Waals surface area contributed by atoms with Crippen LogP contribution in [0.4, 0.5) is 5.69 Å². The number of ketones is 1. The molecule has 29 heavy (non-hydrogen) atoms. The van der Waals surface area contributed by atoms with E-state index in [1.54, 1.807) is 69.1 Å². The molecule has 0 atom stereocenters. The van der Waals surface area contributed by atoms with Gasteiger partial charge in [-0.15, -0.1) is 0 Å². The van der Waals surface area contributed by atoms with E-state index >= 15 is 0 Å². The van der Waals surface area contributed by atoms with Crippen molar-refractivity contribution in [3.8, 4) is 17.2 Å². The van der Waals surface area contributed by atoms with Crippen LogP contribution in [0, 0.1) is 13.8 Å². The second kappa shape index (κ2) is 8.36. The van der Waals surface area contributed by atoms with E-state index in [2.05, 4.69) is 10.4 Å². The second-order valence-electron chi connectivity index (χ2n) is 6.37. The molecule has 7 nitrogen and oxygen atoms in total. The van der Waals surface area contributed by atoms with Crippen LogP contribution in [0.25, 0.3) is 0 Å². The minimum atomic E-state index is -0.800. The topological polar surface area (TPSA) is 82.4 Å². The van der Waals surface area contributed by atoms with Crippen molar-refractivity contribution in [1.82, 2.24) is 9.78 Å². The second-order valence-corrected chi connectivity index (χ2v) is 6.81. The van der Waals surface area contributed by atoms with Crippen molar-refractivity contribution in [2.45, 2.75) is 13.8 Å². The van der Waals surface area contributed by atoms with Gasteiger partial charge in [-0.3, -0.25) is 14.3 Å². The Kier molecular flexibility index (Phi) is 5.89. The number of ether oxygens (including phenoxy) is 2. The number of methoxy groups -OCH3 is 1. The average molecular weight is 414 g/mol. The Hall–Kier alpha value is -3.32. The van der Waals surface area contributed by atoms with Crippen LogP contribution in [0.1, 0.15) is 21.7 Å². The van der Waals surface area contributed by atoms with E-state index in [9.17, 15) is 9.59 Å². The number of benzene rings is 2. The summed E-state index contributed by atoms with van der Waals surface area (Å²) in [7, 11) is 3.29. The molecule has 1 heterocycles. The Balaban J connectivity index is 1.85. The highest BCUT2D eigenvalue weighted by Gasteiger charge is 2.25. The number of carbonyl (C=O) groups is 2. The molecule has 1 aromatic heterocycles. The van der Waals surface area contributed by atoms with Crippen molar-refractivity contribution in [1.29, 1.82) is 0 Å². The molecule has 150 valence electrons. The van der Waals surface area contributed by atoms with Crippen molar-refractivity contribution in [2.24, 2.45) is 7.05 Å². The number of hydrogen-bond donors (Lipinski definition) is 1. The number of Topliss-reactive ketones (excluding diaryl/α,β-unsaturated/α-hetero) is 1. The maximum atomic E-state index is 12.7. The fourth-order valence-corrected chi connectivity index (χ4v) is 3.03. The van der Waals surface area contributed by atoms with Crippen molar-refractivity contribution in [3.63, 3.8) is 0 Å². The van der Waals surface area contributed by atoms with Gasteiger partial charge in [-0.25, -0.2) is 0 Å². The Morgan fingerprint density at radius 1 is 1.07 bits per heavy atom. The number of aryl methyl sites for hydroxylation is 2. The summed E-state index contributed by atoms with van der Waals surface area (Å²) >= 11 is 6.07. The molecule has 0 fully saturated rings.